The van der Waals surface area contributed by atoms with Crippen LogP contribution >= 0.6 is 11.8 Å². The Balaban J connectivity index is 1.84. The SMILES string of the molecule is C[C@@H](O)[C@H]1C(=O)N2C(C(=O)[O-])=C(CSc3cc[n+](C)cc3)[C@H](C)[C@@H]12. The number of carboxylic acids is 1. The monoisotopic (exact) mass is 348 g/mol. The second-order valence-electron chi connectivity index (χ2n) is 6.40. The molecule has 1 N–H and O–H groups in total. The minimum absolute atomic E-state index is 0.0108. The summed E-state index contributed by atoms with van der Waals surface area (Å²) in [6.45, 7) is 3.48. The molecule has 2 aliphatic rings. The number of nitrogens with zero attached hydrogens (tertiary/aromatic N) is 2. The van der Waals surface area contributed by atoms with Crippen molar-refractivity contribution >= 4 is 23.6 Å². The zero-order chi connectivity index (χ0) is 17.6. The minimum atomic E-state index is -1.32. The lowest BCUT2D eigenvalue weighted by Crippen LogP contribution is -2.64. The van der Waals surface area contributed by atoms with Gasteiger partial charge in [-0.05, 0) is 12.5 Å². The van der Waals surface area contributed by atoms with Gasteiger partial charge in [-0.2, -0.15) is 0 Å². The summed E-state index contributed by atoms with van der Waals surface area (Å²) in [5, 5.41) is 21.4. The predicted molar refractivity (Wildman–Crippen MR) is 85.3 cm³/mol. The maximum atomic E-state index is 12.2. The first kappa shape index (κ1) is 17.0. The zero-order valence-corrected chi connectivity index (χ0v) is 14.6. The fourth-order valence-electron chi connectivity index (χ4n) is 3.57. The number of thioether (sulfide) groups is 1. The second kappa shape index (κ2) is 6.22. The number of aromatic nitrogens is 1. The normalized spacial score (nSPS) is 27.1. The Morgan fingerprint density at radius 2 is 2.08 bits per heavy atom. The average Bonchev–Trinajstić information content (AvgIpc) is 2.76. The van der Waals surface area contributed by atoms with E-state index >= 15 is 0 Å². The number of aryl methyl sites for hydroxylation is 1. The highest BCUT2D eigenvalue weighted by Gasteiger charge is 2.58. The van der Waals surface area contributed by atoms with Crippen LogP contribution in [0.4, 0.5) is 0 Å². The molecule has 2 aliphatic heterocycles. The number of aliphatic carboxylic acids is 1. The highest BCUT2D eigenvalue weighted by atomic mass is 32.2. The fraction of sp³-hybridized carbons (Fsp3) is 0.471. The van der Waals surface area contributed by atoms with Gasteiger partial charge >= 0.3 is 0 Å². The number of aliphatic hydroxyl groups is 1. The van der Waals surface area contributed by atoms with Crippen LogP contribution in [0.1, 0.15) is 13.8 Å². The molecule has 3 heterocycles. The molecule has 3 rings (SSSR count). The van der Waals surface area contributed by atoms with Crippen LogP contribution in [-0.2, 0) is 16.6 Å². The molecule has 1 fully saturated rings. The average molecular weight is 348 g/mol. The molecular formula is C17H20N2O4S. The predicted octanol–water partition coefficient (Wildman–Crippen LogP) is -0.535. The summed E-state index contributed by atoms with van der Waals surface area (Å²) in [7, 11) is 1.93. The molecule has 0 spiro atoms. The van der Waals surface area contributed by atoms with Gasteiger partial charge in [0.2, 0.25) is 5.91 Å². The van der Waals surface area contributed by atoms with E-state index in [4.69, 9.17) is 0 Å². The van der Waals surface area contributed by atoms with Crippen LogP contribution in [0.25, 0.3) is 0 Å². The van der Waals surface area contributed by atoms with Gasteiger partial charge in [-0.3, -0.25) is 4.79 Å². The van der Waals surface area contributed by atoms with Gasteiger partial charge < -0.3 is 19.9 Å². The van der Waals surface area contributed by atoms with Crippen molar-refractivity contribution in [2.45, 2.75) is 30.9 Å². The molecule has 24 heavy (non-hydrogen) atoms. The Morgan fingerprint density at radius 1 is 1.46 bits per heavy atom. The lowest BCUT2D eigenvalue weighted by Gasteiger charge is -2.47. The highest BCUT2D eigenvalue weighted by Crippen LogP contribution is 2.47. The third-order valence-corrected chi connectivity index (χ3v) is 5.91. The van der Waals surface area contributed by atoms with Crippen molar-refractivity contribution in [2.24, 2.45) is 18.9 Å². The van der Waals surface area contributed by atoms with Gasteiger partial charge in [0.25, 0.3) is 0 Å². The van der Waals surface area contributed by atoms with Gasteiger partial charge in [0.05, 0.1) is 29.7 Å². The standard InChI is InChI=1S/C17H20N2O4S/c1-9-12(8-24-11-4-6-18(3)7-5-11)15(17(22)23)19-14(9)13(10(2)20)16(19)21/h4-7,9-10,13-14,20H,8H2,1-3H3/t9-,10+,13+,14-/m0/s1. The van der Waals surface area contributed by atoms with Gasteiger partial charge in [0.1, 0.15) is 7.05 Å². The summed E-state index contributed by atoms with van der Waals surface area (Å²) >= 11 is 1.53. The third-order valence-electron chi connectivity index (χ3n) is 4.85. The van der Waals surface area contributed by atoms with Crippen LogP contribution in [0.3, 0.4) is 0 Å². The van der Waals surface area contributed by atoms with E-state index in [-0.39, 0.29) is 23.6 Å². The number of rotatable bonds is 5. The van der Waals surface area contributed by atoms with Crippen molar-refractivity contribution < 1.29 is 24.4 Å². The van der Waals surface area contributed by atoms with E-state index in [9.17, 15) is 19.8 Å². The van der Waals surface area contributed by atoms with Crippen molar-refractivity contribution in [3.63, 3.8) is 0 Å². The Bertz CT molecular complexity index is 714. The molecule has 6 nitrogen and oxygen atoms in total. The minimum Gasteiger partial charge on any atom is -0.543 e. The number of pyridine rings is 1. The summed E-state index contributed by atoms with van der Waals surface area (Å²) < 4.78 is 1.92. The number of aliphatic hydroxyl groups excluding tert-OH is 1. The van der Waals surface area contributed by atoms with Gasteiger partial charge in [-0.1, -0.05) is 6.92 Å². The maximum absolute atomic E-state index is 12.2. The van der Waals surface area contributed by atoms with Gasteiger partial charge in [0, 0.05) is 28.7 Å². The highest BCUT2D eigenvalue weighted by molar-refractivity contribution is 7.99. The number of carboxylic acid groups (broad SMARTS) is 1. The number of hydrogen-bond acceptors (Lipinski definition) is 5. The van der Waals surface area contributed by atoms with Gasteiger partial charge in [0.15, 0.2) is 12.4 Å². The fourth-order valence-corrected chi connectivity index (χ4v) is 4.60. The Labute approximate surface area is 144 Å². The molecule has 0 bridgehead atoms. The number of β-lactam (4-membered cyclic amide) rings is 1. The van der Waals surface area contributed by atoms with Gasteiger partial charge in [-0.25, -0.2) is 4.57 Å². The number of fused-ring (bicyclic) bond motifs is 1. The Hall–Kier alpha value is -1.86. The largest absolute Gasteiger partial charge is 0.543 e. The van der Waals surface area contributed by atoms with Crippen LogP contribution in [0.15, 0.2) is 40.7 Å². The summed E-state index contributed by atoms with van der Waals surface area (Å²) in [4.78, 5) is 26.2. The molecule has 0 saturated carbocycles. The first-order valence-electron chi connectivity index (χ1n) is 7.86. The molecule has 7 heteroatoms. The zero-order valence-electron chi connectivity index (χ0n) is 13.8. The topological polar surface area (TPSA) is 84.5 Å². The number of carbonyl (C=O) groups excluding carboxylic acids is 2. The second-order valence-corrected chi connectivity index (χ2v) is 7.45. The molecule has 0 unspecified atom stereocenters. The summed E-state index contributed by atoms with van der Waals surface area (Å²) in [6, 6.07) is 3.64. The van der Waals surface area contributed by atoms with E-state index in [1.165, 1.54) is 16.7 Å². The van der Waals surface area contributed by atoms with Crippen LogP contribution in [-0.4, -0.2) is 39.8 Å². The van der Waals surface area contributed by atoms with Crippen LogP contribution in [0, 0.1) is 11.8 Å². The number of carbonyl (C=O) groups is 2. The molecule has 128 valence electrons. The van der Waals surface area contributed by atoms with Crippen molar-refractivity contribution in [1.29, 1.82) is 0 Å². The number of hydrogen-bond donors (Lipinski definition) is 1. The number of amides is 1. The molecule has 1 aromatic heterocycles. The smallest absolute Gasteiger partial charge is 0.235 e. The van der Waals surface area contributed by atoms with Gasteiger partial charge in [-0.15, -0.1) is 11.8 Å². The van der Waals surface area contributed by atoms with E-state index in [1.807, 2.05) is 43.1 Å². The molecular weight excluding hydrogens is 328 g/mol. The summed E-state index contributed by atoms with van der Waals surface area (Å²) in [5.74, 6) is -1.81. The van der Waals surface area contributed by atoms with Crippen LogP contribution in [0.5, 0.6) is 0 Å². The van der Waals surface area contributed by atoms with Crippen LogP contribution in [0.2, 0.25) is 0 Å². The van der Waals surface area contributed by atoms with E-state index in [0.29, 0.717) is 11.3 Å². The first-order valence-corrected chi connectivity index (χ1v) is 8.85. The lowest BCUT2D eigenvalue weighted by atomic mass is 9.78. The quantitative estimate of drug-likeness (QED) is 0.439. The summed E-state index contributed by atoms with van der Waals surface area (Å²) in [5.41, 5.74) is 0.693. The van der Waals surface area contributed by atoms with Crippen molar-refractivity contribution in [3.05, 3.63) is 35.8 Å². The van der Waals surface area contributed by atoms with Crippen molar-refractivity contribution in [3.8, 4) is 0 Å². The van der Waals surface area contributed by atoms with E-state index in [0.717, 1.165) is 4.90 Å². The Morgan fingerprint density at radius 3 is 2.62 bits per heavy atom. The molecule has 1 amide bonds. The van der Waals surface area contributed by atoms with E-state index < -0.39 is 18.0 Å². The maximum Gasteiger partial charge on any atom is 0.235 e. The van der Waals surface area contributed by atoms with Crippen LogP contribution < -0.4 is 9.67 Å². The molecule has 1 saturated heterocycles. The van der Waals surface area contributed by atoms with Crippen molar-refractivity contribution in [2.75, 3.05) is 5.75 Å². The molecule has 0 aromatic carbocycles. The lowest BCUT2D eigenvalue weighted by molar-refractivity contribution is -0.671. The van der Waals surface area contributed by atoms with E-state index in [2.05, 4.69) is 0 Å². The first-order chi connectivity index (χ1) is 11.3. The third kappa shape index (κ3) is 2.61. The molecule has 1 aromatic rings. The Kier molecular flexibility index (Phi) is 4.40. The molecule has 0 radical (unpaired) electrons. The molecule has 0 aliphatic carbocycles. The molecule has 4 atom stereocenters. The van der Waals surface area contributed by atoms with E-state index in [1.54, 1.807) is 6.92 Å². The summed E-state index contributed by atoms with van der Waals surface area (Å²) in [6.07, 6.45) is 3.06. The van der Waals surface area contributed by atoms with Crippen molar-refractivity contribution in [1.82, 2.24) is 4.90 Å².